The molecule has 0 saturated heterocycles. The molecule has 0 radical (unpaired) electrons. The van der Waals surface area contributed by atoms with Gasteiger partial charge < -0.3 is 5.73 Å². The van der Waals surface area contributed by atoms with Crippen molar-refractivity contribution in [3.05, 3.63) is 28.8 Å². The van der Waals surface area contributed by atoms with Crippen molar-refractivity contribution in [2.75, 3.05) is 5.73 Å². The Morgan fingerprint density at radius 1 is 1.17 bits per heavy atom. The minimum atomic E-state index is 0. The first-order valence-corrected chi connectivity index (χ1v) is 7.03. The third kappa shape index (κ3) is 1.84. The van der Waals surface area contributed by atoms with E-state index in [9.17, 15) is 0 Å². The lowest BCUT2D eigenvalue weighted by Gasteiger charge is -2.35. The molecule has 1 nitrogen and oxygen atoms in total. The molecule has 1 fully saturated rings. The van der Waals surface area contributed by atoms with Crippen molar-refractivity contribution in [3.63, 3.8) is 0 Å². The largest absolute Gasteiger partial charge is 0.398 e. The Hall–Kier alpha value is -0.690. The van der Waals surface area contributed by atoms with E-state index < -0.39 is 0 Å². The number of halogens is 1. The zero-order valence-electron chi connectivity index (χ0n) is 11.5. The van der Waals surface area contributed by atoms with E-state index >= 15 is 0 Å². The molecule has 2 aliphatic carbocycles. The Kier molecular flexibility index (Phi) is 3.64. The summed E-state index contributed by atoms with van der Waals surface area (Å²) in [5, 5.41) is 0. The molecule has 18 heavy (non-hydrogen) atoms. The van der Waals surface area contributed by atoms with Gasteiger partial charge in [0, 0.05) is 5.69 Å². The Balaban J connectivity index is 0.00000120. The monoisotopic (exact) mass is 265 g/mol. The molecule has 0 aliphatic heterocycles. The molecule has 1 aromatic carbocycles. The third-order valence-electron chi connectivity index (χ3n) is 5.08. The van der Waals surface area contributed by atoms with Gasteiger partial charge in [-0.1, -0.05) is 38.3 Å². The van der Waals surface area contributed by atoms with Gasteiger partial charge in [0.15, 0.2) is 0 Å². The minimum Gasteiger partial charge on any atom is -0.398 e. The smallest absolute Gasteiger partial charge is 0.0382 e. The lowest BCUT2D eigenvalue weighted by Crippen LogP contribution is -2.26. The van der Waals surface area contributed by atoms with Crippen LogP contribution in [0.25, 0.3) is 0 Å². The van der Waals surface area contributed by atoms with Crippen molar-refractivity contribution < 1.29 is 0 Å². The van der Waals surface area contributed by atoms with E-state index in [0.29, 0.717) is 11.3 Å². The van der Waals surface area contributed by atoms with Crippen LogP contribution in [0.2, 0.25) is 0 Å². The molecule has 1 unspecified atom stereocenters. The number of fused-ring (bicyclic) bond motifs is 2. The zero-order chi connectivity index (χ0) is 12.0. The maximum absolute atomic E-state index is 6.31. The summed E-state index contributed by atoms with van der Waals surface area (Å²) >= 11 is 0. The molecule has 0 aromatic heterocycles. The fourth-order valence-corrected chi connectivity index (χ4v) is 4.24. The maximum Gasteiger partial charge on any atom is 0.0382 e. The van der Waals surface area contributed by atoms with Crippen LogP contribution in [0.4, 0.5) is 5.69 Å². The fraction of sp³-hybridized carbons (Fsp3) is 0.625. The van der Waals surface area contributed by atoms with E-state index in [1.165, 1.54) is 49.7 Å². The van der Waals surface area contributed by atoms with Gasteiger partial charge in [-0.2, -0.15) is 0 Å². The minimum absolute atomic E-state index is 0. The number of hydrogen-bond donors (Lipinski definition) is 1. The summed E-state index contributed by atoms with van der Waals surface area (Å²) in [7, 11) is 0. The van der Waals surface area contributed by atoms with Crippen LogP contribution in [-0.4, -0.2) is 0 Å². The van der Waals surface area contributed by atoms with Crippen molar-refractivity contribution in [1.29, 1.82) is 0 Å². The molecule has 1 aromatic rings. The molecule has 1 atom stereocenters. The quantitative estimate of drug-likeness (QED) is 0.676. The number of nitrogen functional groups attached to an aromatic ring is 1. The average molecular weight is 266 g/mol. The van der Waals surface area contributed by atoms with Crippen LogP contribution in [0.5, 0.6) is 0 Å². The van der Waals surface area contributed by atoms with E-state index in [4.69, 9.17) is 5.73 Å². The Labute approximate surface area is 117 Å². The highest BCUT2D eigenvalue weighted by Gasteiger charge is 2.43. The average Bonchev–Trinajstić information content (AvgIpc) is 2.58. The number of nitrogens with two attached hydrogens (primary N) is 1. The number of anilines is 1. The summed E-state index contributed by atoms with van der Waals surface area (Å²) in [6, 6.07) is 4.60. The van der Waals surface area contributed by atoms with E-state index in [1.807, 2.05) is 0 Å². The van der Waals surface area contributed by atoms with E-state index in [1.54, 1.807) is 5.56 Å². The second-order valence-corrected chi connectivity index (χ2v) is 6.20. The summed E-state index contributed by atoms with van der Waals surface area (Å²) in [6.07, 6.45) is 8.32. The molecule has 2 heteroatoms. The molecular formula is C16H24ClN. The molecule has 2 N–H and O–H groups in total. The standard InChI is InChI=1S/C16H23N.ClH/c1-11-6-7-13-14(15(11)17)12(2)10-16(13)8-4-3-5-9-16;/h6-7,12H,3-5,8-10,17H2,1-2H3;1H. The van der Waals surface area contributed by atoms with Crippen molar-refractivity contribution >= 4 is 18.1 Å². The third-order valence-corrected chi connectivity index (χ3v) is 5.08. The summed E-state index contributed by atoms with van der Waals surface area (Å²) < 4.78 is 0. The number of hydrogen-bond acceptors (Lipinski definition) is 1. The molecule has 100 valence electrons. The maximum atomic E-state index is 6.31. The molecule has 1 saturated carbocycles. The molecule has 2 aliphatic rings. The molecule has 1 spiro atoms. The number of aryl methyl sites for hydroxylation is 1. The van der Waals surface area contributed by atoms with Crippen LogP contribution in [0.1, 0.15) is 68.1 Å². The van der Waals surface area contributed by atoms with Crippen LogP contribution in [0, 0.1) is 6.92 Å². The van der Waals surface area contributed by atoms with Gasteiger partial charge in [-0.05, 0) is 54.2 Å². The second kappa shape index (κ2) is 4.77. The van der Waals surface area contributed by atoms with Gasteiger partial charge in [-0.25, -0.2) is 0 Å². The first-order valence-electron chi connectivity index (χ1n) is 7.03. The highest BCUT2D eigenvalue weighted by atomic mass is 35.5. The van der Waals surface area contributed by atoms with Crippen molar-refractivity contribution in [1.82, 2.24) is 0 Å². The first-order chi connectivity index (χ1) is 8.14. The summed E-state index contributed by atoms with van der Waals surface area (Å²) in [5.41, 5.74) is 12.2. The molecule has 3 rings (SSSR count). The fourth-order valence-electron chi connectivity index (χ4n) is 4.24. The Morgan fingerprint density at radius 3 is 2.50 bits per heavy atom. The molecule has 0 heterocycles. The zero-order valence-corrected chi connectivity index (χ0v) is 12.3. The summed E-state index contributed by atoms with van der Waals surface area (Å²) in [5.74, 6) is 0.656. The Bertz CT molecular complexity index is 447. The van der Waals surface area contributed by atoms with Crippen LogP contribution in [-0.2, 0) is 5.41 Å². The lowest BCUT2D eigenvalue weighted by atomic mass is 9.70. The lowest BCUT2D eigenvalue weighted by molar-refractivity contribution is 0.282. The Morgan fingerprint density at radius 2 is 1.83 bits per heavy atom. The normalized spacial score (nSPS) is 24.7. The van der Waals surface area contributed by atoms with Gasteiger partial charge >= 0.3 is 0 Å². The van der Waals surface area contributed by atoms with Gasteiger partial charge in [0.25, 0.3) is 0 Å². The van der Waals surface area contributed by atoms with Crippen LogP contribution in [0.15, 0.2) is 12.1 Å². The SMILES string of the molecule is Cc1ccc2c(c1N)C(C)CC21CCCCC1.Cl. The van der Waals surface area contributed by atoms with Crippen LogP contribution in [0.3, 0.4) is 0 Å². The first kappa shape index (κ1) is 13.7. The van der Waals surface area contributed by atoms with Gasteiger partial charge in [0.2, 0.25) is 0 Å². The van der Waals surface area contributed by atoms with Gasteiger partial charge in [0.05, 0.1) is 0 Å². The van der Waals surface area contributed by atoms with E-state index in [-0.39, 0.29) is 12.4 Å². The van der Waals surface area contributed by atoms with Gasteiger partial charge in [-0.3, -0.25) is 0 Å². The number of benzene rings is 1. The van der Waals surface area contributed by atoms with E-state index in [0.717, 1.165) is 5.69 Å². The van der Waals surface area contributed by atoms with Crippen molar-refractivity contribution in [2.45, 2.75) is 63.7 Å². The second-order valence-electron chi connectivity index (χ2n) is 6.20. The highest BCUT2D eigenvalue weighted by molar-refractivity contribution is 5.85. The summed E-state index contributed by atoms with van der Waals surface area (Å²) in [6.45, 7) is 4.49. The van der Waals surface area contributed by atoms with E-state index in [2.05, 4.69) is 26.0 Å². The van der Waals surface area contributed by atoms with Gasteiger partial charge in [0.1, 0.15) is 0 Å². The summed E-state index contributed by atoms with van der Waals surface area (Å²) in [4.78, 5) is 0. The van der Waals surface area contributed by atoms with Crippen LogP contribution >= 0.6 is 12.4 Å². The van der Waals surface area contributed by atoms with Gasteiger partial charge in [-0.15, -0.1) is 12.4 Å². The predicted molar refractivity (Wildman–Crippen MR) is 80.6 cm³/mol. The van der Waals surface area contributed by atoms with Crippen molar-refractivity contribution in [3.8, 4) is 0 Å². The molecular weight excluding hydrogens is 242 g/mol. The number of rotatable bonds is 0. The predicted octanol–water partition coefficient (Wildman–Crippen LogP) is 4.71. The molecule has 0 bridgehead atoms. The highest BCUT2D eigenvalue weighted by Crippen LogP contribution is 2.55. The van der Waals surface area contributed by atoms with Crippen molar-refractivity contribution in [2.24, 2.45) is 0 Å². The van der Waals surface area contributed by atoms with Crippen LogP contribution < -0.4 is 5.73 Å². The topological polar surface area (TPSA) is 26.0 Å². The molecule has 0 amide bonds.